The van der Waals surface area contributed by atoms with Crippen molar-refractivity contribution in [2.75, 3.05) is 0 Å². The lowest BCUT2D eigenvalue weighted by atomic mass is 10.1. The van der Waals surface area contributed by atoms with Gasteiger partial charge in [-0.05, 0) is 38.3 Å². The van der Waals surface area contributed by atoms with Gasteiger partial charge in [0.25, 0.3) is 0 Å². The Balaban J connectivity index is 1.62. The molecule has 3 aromatic rings. The highest BCUT2D eigenvalue weighted by Crippen LogP contribution is 2.24. The average molecular weight is 371 g/mol. The Labute approximate surface area is 155 Å². The maximum atomic E-state index is 12.3. The number of benzene rings is 1. The second kappa shape index (κ2) is 7.29. The zero-order valence-corrected chi connectivity index (χ0v) is 15.7. The van der Waals surface area contributed by atoms with Gasteiger partial charge in [-0.15, -0.1) is 11.3 Å². The van der Waals surface area contributed by atoms with Gasteiger partial charge in [0.1, 0.15) is 9.88 Å². The predicted molar refractivity (Wildman–Crippen MR) is 102 cm³/mol. The normalized spacial score (nSPS) is 12.3. The first kappa shape index (κ1) is 18.1. The molecule has 3 rings (SSSR count). The molecule has 7 heteroatoms. The van der Waals surface area contributed by atoms with Crippen LogP contribution in [-0.2, 0) is 11.2 Å². The summed E-state index contributed by atoms with van der Waals surface area (Å²) in [4.78, 5) is 31.2. The first-order valence-corrected chi connectivity index (χ1v) is 9.24. The lowest BCUT2D eigenvalue weighted by Gasteiger charge is -2.11. The first-order chi connectivity index (χ1) is 12.4. The van der Waals surface area contributed by atoms with Gasteiger partial charge in [0, 0.05) is 23.5 Å². The topological polar surface area (TPSA) is 95.1 Å². The minimum Gasteiger partial charge on any atom is -0.477 e. The quantitative estimate of drug-likeness (QED) is 0.615. The summed E-state index contributed by atoms with van der Waals surface area (Å²) in [5, 5.41) is 13.8. The van der Waals surface area contributed by atoms with Gasteiger partial charge in [-0.25, -0.2) is 9.78 Å². The van der Waals surface area contributed by atoms with Gasteiger partial charge >= 0.3 is 5.97 Å². The van der Waals surface area contributed by atoms with Gasteiger partial charge in [0.15, 0.2) is 0 Å². The van der Waals surface area contributed by atoms with E-state index >= 15 is 0 Å². The molecule has 1 atom stereocenters. The SMILES string of the molecule is Cc1nc(C(C)NC(=O)CCc2c[nH]c3c(C)cccc23)sc1C(=O)O. The van der Waals surface area contributed by atoms with Gasteiger partial charge < -0.3 is 15.4 Å². The molecule has 0 aliphatic carbocycles. The Bertz CT molecular complexity index is 974. The van der Waals surface area contributed by atoms with E-state index in [1.54, 1.807) is 6.92 Å². The summed E-state index contributed by atoms with van der Waals surface area (Å²) in [6.07, 6.45) is 2.96. The van der Waals surface area contributed by atoms with Crippen molar-refractivity contribution < 1.29 is 14.7 Å². The lowest BCUT2D eigenvalue weighted by Crippen LogP contribution is -2.26. The molecule has 136 valence electrons. The number of thiazole rings is 1. The Kier molecular flexibility index (Phi) is 5.08. The fourth-order valence-electron chi connectivity index (χ4n) is 3.00. The summed E-state index contributed by atoms with van der Waals surface area (Å²) in [5.74, 6) is -1.07. The van der Waals surface area contributed by atoms with E-state index in [-0.39, 0.29) is 16.8 Å². The molecular weight excluding hydrogens is 350 g/mol. The van der Waals surface area contributed by atoms with E-state index in [0.29, 0.717) is 23.5 Å². The van der Waals surface area contributed by atoms with Crippen LogP contribution < -0.4 is 5.32 Å². The van der Waals surface area contributed by atoms with E-state index in [0.717, 1.165) is 27.8 Å². The number of carbonyl (C=O) groups excluding carboxylic acids is 1. The van der Waals surface area contributed by atoms with Gasteiger partial charge in [0.05, 0.1) is 11.7 Å². The molecule has 2 heterocycles. The van der Waals surface area contributed by atoms with Crippen molar-refractivity contribution in [3.63, 3.8) is 0 Å². The second-order valence-electron chi connectivity index (χ2n) is 6.37. The number of aromatic carboxylic acids is 1. The molecule has 0 bridgehead atoms. The van der Waals surface area contributed by atoms with Crippen molar-refractivity contribution in [1.82, 2.24) is 15.3 Å². The third-order valence-electron chi connectivity index (χ3n) is 4.39. The summed E-state index contributed by atoms with van der Waals surface area (Å²) < 4.78 is 0. The van der Waals surface area contributed by atoms with E-state index in [2.05, 4.69) is 34.3 Å². The van der Waals surface area contributed by atoms with Crippen LogP contribution in [0.1, 0.15) is 50.9 Å². The summed E-state index contributed by atoms with van der Waals surface area (Å²) in [6.45, 7) is 5.53. The summed E-state index contributed by atoms with van der Waals surface area (Å²) >= 11 is 1.11. The van der Waals surface area contributed by atoms with E-state index in [4.69, 9.17) is 5.11 Å². The van der Waals surface area contributed by atoms with Crippen LogP contribution in [0.25, 0.3) is 10.9 Å². The zero-order chi connectivity index (χ0) is 18.8. The molecule has 3 N–H and O–H groups in total. The van der Waals surface area contributed by atoms with Gasteiger partial charge in [0.2, 0.25) is 5.91 Å². The van der Waals surface area contributed by atoms with Crippen molar-refractivity contribution in [3.05, 3.63) is 51.1 Å². The Morgan fingerprint density at radius 2 is 2.12 bits per heavy atom. The van der Waals surface area contributed by atoms with Crippen LogP contribution >= 0.6 is 11.3 Å². The summed E-state index contributed by atoms with van der Waals surface area (Å²) in [6, 6.07) is 5.81. The number of hydrogen-bond donors (Lipinski definition) is 3. The van der Waals surface area contributed by atoms with E-state index in [9.17, 15) is 9.59 Å². The van der Waals surface area contributed by atoms with Crippen molar-refractivity contribution in [1.29, 1.82) is 0 Å². The number of hydrogen-bond acceptors (Lipinski definition) is 4. The van der Waals surface area contributed by atoms with Crippen molar-refractivity contribution in [2.45, 2.75) is 39.7 Å². The van der Waals surface area contributed by atoms with Gasteiger partial charge in [-0.1, -0.05) is 18.2 Å². The number of H-pyrrole nitrogens is 1. The number of carboxylic acids is 1. The number of aromatic nitrogens is 2. The molecule has 1 aromatic carbocycles. The van der Waals surface area contributed by atoms with Crippen LogP contribution in [0.2, 0.25) is 0 Å². The standard InChI is InChI=1S/C19H21N3O3S/c1-10-5-4-6-14-13(9-20-16(10)14)7-8-15(23)21-12(3)18-22-11(2)17(26-18)19(24)25/h4-6,9,12,20H,7-8H2,1-3H3,(H,21,23)(H,24,25). The number of aryl methyl sites for hydroxylation is 3. The Hall–Kier alpha value is -2.67. The van der Waals surface area contributed by atoms with Crippen LogP contribution in [0.5, 0.6) is 0 Å². The maximum absolute atomic E-state index is 12.3. The number of amides is 1. The van der Waals surface area contributed by atoms with Gasteiger partial charge in [-0.3, -0.25) is 4.79 Å². The van der Waals surface area contributed by atoms with Crippen LogP contribution in [0, 0.1) is 13.8 Å². The van der Waals surface area contributed by atoms with Gasteiger partial charge in [-0.2, -0.15) is 0 Å². The molecular formula is C19H21N3O3S. The molecule has 1 unspecified atom stereocenters. The number of para-hydroxylation sites is 1. The maximum Gasteiger partial charge on any atom is 0.347 e. The molecule has 0 radical (unpaired) electrons. The van der Waals surface area contributed by atoms with E-state index < -0.39 is 5.97 Å². The first-order valence-electron chi connectivity index (χ1n) is 8.42. The molecule has 1 amide bonds. The van der Waals surface area contributed by atoms with Crippen molar-refractivity contribution in [3.8, 4) is 0 Å². The minimum atomic E-state index is -0.987. The molecule has 2 aromatic heterocycles. The average Bonchev–Trinajstić information content (AvgIpc) is 3.17. The number of carboxylic acid groups (broad SMARTS) is 1. The zero-order valence-electron chi connectivity index (χ0n) is 14.9. The highest BCUT2D eigenvalue weighted by Gasteiger charge is 2.19. The molecule has 0 fully saturated rings. The number of nitrogens with one attached hydrogen (secondary N) is 2. The smallest absolute Gasteiger partial charge is 0.347 e. The third kappa shape index (κ3) is 3.62. The largest absolute Gasteiger partial charge is 0.477 e. The third-order valence-corrected chi connectivity index (χ3v) is 5.71. The molecule has 0 saturated carbocycles. The molecule has 0 saturated heterocycles. The molecule has 0 aliphatic heterocycles. The lowest BCUT2D eigenvalue weighted by molar-refractivity contribution is -0.121. The summed E-state index contributed by atoms with van der Waals surface area (Å²) in [7, 11) is 0. The van der Waals surface area contributed by atoms with Crippen LogP contribution in [-0.4, -0.2) is 27.0 Å². The summed E-state index contributed by atoms with van der Waals surface area (Å²) in [5.41, 5.74) is 3.88. The number of nitrogens with zero attached hydrogens (tertiary/aromatic N) is 1. The molecule has 0 aliphatic rings. The Morgan fingerprint density at radius 1 is 1.35 bits per heavy atom. The second-order valence-corrected chi connectivity index (χ2v) is 7.40. The Morgan fingerprint density at radius 3 is 2.81 bits per heavy atom. The number of aromatic amines is 1. The number of rotatable bonds is 6. The van der Waals surface area contributed by atoms with Crippen molar-refractivity contribution >= 4 is 34.1 Å². The van der Waals surface area contributed by atoms with Crippen LogP contribution in [0.15, 0.2) is 24.4 Å². The molecule has 26 heavy (non-hydrogen) atoms. The van der Waals surface area contributed by atoms with E-state index in [1.807, 2.05) is 19.2 Å². The number of fused-ring (bicyclic) bond motifs is 1. The highest BCUT2D eigenvalue weighted by atomic mass is 32.1. The number of carbonyl (C=O) groups is 2. The molecule has 6 nitrogen and oxygen atoms in total. The van der Waals surface area contributed by atoms with Crippen molar-refractivity contribution in [2.24, 2.45) is 0 Å². The van der Waals surface area contributed by atoms with Crippen LogP contribution in [0.4, 0.5) is 0 Å². The van der Waals surface area contributed by atoms with E-state index in [1.165, 1.54) is 5.56 Å². The predicted octanol–water partition coefficient (Wildman–Crippen LogP) is 3.75. The minimum absolute atomic E-state index is 0.0794. The molecule has 0 spiro atoms. The monoisotopic (exact) mass is 371 g/mol. The highest BCUT2D eigenvalue weighted by molar-refractivity contribution is 7.13. The fraction of sp³-hybridized carbons (Fsp3) is 0.316. The van der Waals surface area contributed by atoms with Crippen LogP contribution in [0.3, 0.4) is 0 Å². The fourth-order valence-corrected chi connectivity index (χ4v) is 3.90.